The summed E-state index contributed by atoms with van der Waals surface area (Å²) in [6, 6.07) is 9.59. The minimum absolute atomic E-state index is 0.0845. The predicted molar refractivity (Wildman–Crippen MR) is 68.5 cm³/mol. The molecule has 104 valence electrons. The first-order valence-electron chi connectivity index (χ1n) is 5.86. The molecule has 3 nitrogen and oxygen atoms in total. The molecule has 5 heteroatoms. The zero-order chi connectivity index (χ0) is 14.5. The van der Waals surface area contributed by atoms with Gasteiger partial charge in [-0.1, -0.05) is 18.2 Å². The smallest absolute Gasteiger partial charge is 0.341 e. The highest BCUT2D eigenvalue weighted by molar-refractivity contribution is 5.89. The third-order valence-corrected chi connectivity index (χ3v) is 2.70. The van der Waals surface area contributed by atoms with Crippen LogP contribution in [-0.2, 0) is 11.3 Å². The number of carbonyl (C=O) groups excluding carboxylic acids is 1. The Kier molecular flexibility index (Phi) is 4.30. The van der Waals surface area contributed by atoms with Gasteiger partial charge in [0.1, 0.15) is 24.0 Å². The minimum Gasteiger partial charge on any atom is -0.496 e. The van der Waals surface area contributed by atoms with E-state index < -0.39 is 23.2 Å². The van der Waals surface area contributed by atoms with E-state index in [2.05, 4.69) is 0 Å². The van der Waals surface area contributed by atoms with E-state index >= 15 is 0 Å². The number of hydrogen-bond acceptors (Lipinski definition) is 3. The van der Waals surface area contributed by atoms with Gasteiger partial charge in [0.2, 0.25) is 0 Å². The summed E-state index contributed by atoms with van der Waals surface area (Å²) in [5.41, 5.74) is 0.208. The number of hydrogen-bond donors (Lipinski definition) is 0. The standard InChI is InChI=1S/C15H12F2O3/c1-19-14-5-3-2-4-10(14)9-20-15(18)12-8-11(16)6-7-13(12)17/h2-8H,9H2,1H3. The van der Waals surface area contributed by atoms with Gasteiger partial charge in [-0.3, -0.25) is 0 Å². The number of rotatable bonds is 4. The van der Waals surface area contributed by atoms with Crippen LogP contribution in [0.2, 0.25) is 0 Å². The second-order valence-electron chi connectivity index (χ2n) is 4.01. The Morgan fingerprint density at radius 2 is 1.90 bits per heavy atom. The summed E-state index contributed by atoms with van der Waals surface area (Å²) < 4.78 is 36.5. The summed E-state index contributed by atoms with van der Waals surface area (Å²) in [5, 5.41) is 0. The zero-order valence-electron chi connectivity index (χ0n) is 10.7. The van der Waals surface area contributed by atoms with Crippen LogP contribution >= 0.6 is 0 Å². The molecule has 0 aliphatic carbocycles. The van der Waals surface area contributed by atoms with E-state index in [0.29, 0.717) is 11.3 Å². The average molecular weight is 278 g/mol. The van der Waals surface area contributed by atoms with Crippen LogP contribution in [0, 0.1) is 11.6 Å². The molecule has 0 fully saturated rings. The molecule has 0 aromatic heterocycles. The Labute approximate surface area is 114 Å². The van der Waals surface area contributed by atoms with Gasteiger partial charge in [0, 0.05) is 5.56 Å². The summed E-state index contributed by atoms with van der Waals surface area (Å²) in [5.74, 6) is -1.89. The maximum atomic E-state index is 13.4. The number of carbonyl (C=O) groups is 1. The van der Waals surface area contributed by atoms with E-state index in [4.69, 9.17) is 9.47 Å². The molecule has 0 amide bonds. The fraction of sp³-hybridized carbons (Fsp3) is 0.133. The van der Waals surface area contributed by atoms with Crippen molar-refractivity contribution >= 4 is 5.97 Å². The van der Waals surface area contributed by atoms with E-state index in [9.17, 15) is 13.6 Å². The Balaban J connectivity index is 2.11. The fourth-order valence-electron chi connectivity index (χ4n) is 1.70. The molecule has 0 bridgehead atoms. The molecule has 0 saturated heterocycles. The summed E-state index contributed by atoms with van der Waals surface area (Å²) in [6.45, 7) is -0.0845. The van der Waals surface area contributed by atoms with Crippen molar-refractivity contribution in [3.8, 4) is 5.75 Å². The molecule has 0 heterocycles. The molecule has 0 N–H and O–H groups in total. The molecular formula is C15H12F2O3. The van der Waals surface area contributed by atoms with Crippen molar-refractivity contribution in [2.75, 3.05) is 7.11 Å². The van der Waals surface area contributed by atoms with Gasteiger partial charge in [-0.25, -0.2) is 13.6 Å². The average Bonchev–Trinajstić information content (AvgIpc) is 2.47. The molecular weight excluding hydrogens is 266 g/mol. The Hall–Kier alpha value is -2.43. The van der Waals surface area contributed by atoms with E-state index in [-0.39, 0.29) is 6.61 Å². The summed E-state index contributed by atoms with van der Waals surface area (Å²) >= 11 is 0. The van der Waals surface area contributed by atoms with Crippen LogP contribution in [0.15, 0.2) is 42.5 Å². The minimum atomic E-state index is -0.923. The van der Waals surface area contributed by atoms with Gasteiger partial charge in [-0.05, 0) is 24.3 Å². The SMILES string of the molecule is COc1ccccc1COC(=O)c1cc(F)ccc1F. The van der Waals surface area contributed by atoms with Crippen molar-refractivity contribution in [1.82, 2.24) is 0 Å². The second kappa shape index (κ2) is 6.14. The maximum Gasteiger partial charge on any atom is 0.341 e. The monoisotopic (exact) mass is 278 g/mol. The lowest BCUT2D eigenvalue weighted by Crippen LogP contribution is -2.08. The molecule has 0 atom stereocenters. The molecule has 2 aromatic carbocycles. The van der Waals surface area contributed by atoms with Crippen molar-refractivity contribution in [2.45, 2.75) is 6.61 Å². The molecule has 2 rings (SSSR count). The first-order chi connectivity index (χ1) is 9.61. The maximum absolute atomic E-state index is 13.4. The summed E-state index contributed by atoms with van der Waals surface area (Å²) in [7, 11) is 1.49. The number of methoxy groups -OCH3 is 1. The second-order valence-corrected chi connectivity index (χ2v) is 4.01. The highest BCUT2D eigenvalue weighted by atomic mass is 19.1. The number of halogens is 2. The van der Waals surface area contributed by atoms with Crippen LogP contribution in [-0.4, -0.2) is 13.1 Å². The zero-order valence-corrected chi connectivity index (χ0v) is 10.7. The van der Waals surface area contributed by atoms with Crippen LogP contribution in [0.4, 0.5) is 8.78 Å². The largest absolute Gasteiger partial charge is 0.496 e. The molecule has 0 aliphatic heterocycles. The van der Waals surface area contributed by atoms with Gasteiger partial charge in [0.05, 0.1) is 12.7 Å². The Morgan fingerprint density at radius 1 is 1.15 bits per heavy atom. The van der Waals surface area contributed by atoms with E-state index in [1.54, 1.807) is 24.3 Å². The lowest BCUT2D eigenvalue weighted by Gasteiger charge is -2.09. The number of benzene rings is 2. The lowest BCUT2D eigenvalue weighted by atomic mass is 10.2. The van der Waals surface area contributed by atoms with Crippen LogP contribution in [0.3, 0.4) is 0 Å². The molecule has 20 heavy (non-hydrogen) atoms. The van der Waals surface area contributed by atoms with E-state index in [1.165, 1.54) is 7.11 Å². The molecule has 0 aliphatic rings. The molecule has 0 spiro atoms. The van der Waals surface area contributed by atoms with Crippen molar-refractivity contribution in [2.24, 2.45) is 0 Å². The van der Waals surface area contributed by atoms with Crippen molar-refractivity contribution in [3.05, 3.63) is 65.2 Å². The Bertz CT molecular complexity index is 626. The van der Waals surface area contributed by atoms with E-state index in [0.717, 1.165) is 18.2 Å². The normalized spacial score (nSPS) is 10.2. The van der Waals surface area contributed by atoms with Crippen molar-refractivity contribution < 1.29 is 23.0 Å². The topological polar surface area (TPSA) is 35.5 Å². The third-order valence-electron chi connectivity index (χ3n) is 2.70. The van der Waals surface area contributed by atoms with Gasteiger partial charge < -0.3 is 9.47 Å². The number of ether oxygens (including phenoxy) is 2. The van der Waals surface area contributed by atoms with Crippen molar-refractivity contribution in [3.63, 3.8) is 0 Å². The fourth-order valence-corrected chi connectivity index (χ4v) is 1.70. The van der Waals surface area contributed by atoms with Gasteiger partial charge in [-0.2, -0.15) is 0 Å². The summed E-state index contributed by atoms with van der Waals surface area (Å²) in [6.07, 6.45) is 0. The summed E-state index contributed by atoms with van der Waals surface area (Å²) in [4.78, 5) is 11.7. The molecule has 2 aromatic rings. The molecule has 0 saturated carbocycles. The highest BCUT2D eigenvalue weighted by Crippen LogP contribution is 2.19. The first-order valence-corrected chi connectivity index (χ1v) is 5.86. The highest BCUT2D eigenvalue weighted by Gasteiger charge is 2.15. The van der Waals surface area contributed by atoms with Gasteiger partial charge >= 0.3 is 5.97 Å². The lowest BCUT2D eigenvalue weighted by molar-refractivity contribution is 0.0464. The third kappa shape index (κ3) is 3.12. The number of esters is 1. The predicted octanol–water partition coefficient (Wildman–Crippen LogP) is 3.33. The molecule has 0 radical (unpaired) electrons. The molecule has 0 unspecified atom stereocenters. The van der Waals surface area contributed by atoms with Crippen LogP contribution in [0.25, 0.3) is 0 Å². The van der Waals surface area contributed by atoms with Gasteiger partial charge in [0.25, 0.3) is 0 Å². The van der Waals surface area contributed by atoms with Gasteiger partial charge in [0.15, 0.2) is 0 Å². The van der Waals surface area contributed by atoms with E-state index in [1.807, 2.05) is 0 Å². The van der Waals surface area contributed by atoms with Crippen LogP contribution in [0.5, 0.6) is 5.75 Å². The van der Waals surface area contributed by atoms with Crippen LogP contribution in [0.1, 0.15) is 15.9 Å². The first kappa shape index (κ1) is 14.0. The quantitative estimate of drug-likeness (QED) is 0.805. The number of para-hydroxylation sites is 1. The Morgan fingerprint density at radius 3 is 2.65 bits per heavy atom. The van der Waals surface area contributed by atoms with Gasteiger partial charge in [-0.15, -0.1) is 0 Å². The van der Waals surface area contributed by atoms with Crippen LogP contribution < -0.4 is 4.74 Å². The van der Waals surface area contributed by atoms with Crippen molar-refractivity contribution in [1.29, 1.82) is 0 Å².